The minimum atomic E-state index is -1.28. The lowest BCUT2D eigenvalue weighted by Gasteiger charge is -2.24. The summed E-state index contributed by atoms with van der Waals surface area (Å²) in [5, 5.41) is 9.11. The van der Waals surface area contributed by atoms with Crippen molar-refractivity contribution < 1.29 is 19.1 Å². The monoisotopic (exact) mass is 239 g/mol. The molecule has 0 aliphatic rings. The quantitative estimate of drug-likeness (QED) is 0.796. The van der Waals surface area contributed by atoms with Crippen LogP contribution in [0.2, 0.25) is 0 Å². The van der Waals surface area contributed by atoms with Crippen LogP contribution in [0.15, 0.2) is 18.2 Å². The topological polar surface area (TPSA) is 57.6 Å². The fraction of sp³-hybridized carbons (Fsp3) is 0.333. The molecule has 1 rings (SSSR count). The molecule has 1 amide bonds. The first-order valence-corrected chi connectivity index (χ1v) is 5.21. The van der Waals surface area contributed by atoms with Gasteiger partial charge in [-0.1, -0.05) is 17.7 Å². The number of carboxylic acid groups (broad SMARTS) is 1. The lowest BCUT2D eigenvalue weighted by atomic mass is 10.0. The second kappa shape index (κ2) is 5.43. The summed E-state index contributed by atoms with van der Waals surface area (Å²) in [6.45, 7) is 3.57. The molecule has 92 valence electrons. The Labute approximate surface area is 98.7 Å². The molecule has 5 heteroatoms. The number of carbonyl (C=O) groups excluding carboxylic acids is 1. The van der Waals surface area contributed by atoms with Crippen LogP contribution in [-0.2, 0) is 9.59 Å². The predicted octanol–water partition coefficient (Wildman–Crippen LogP) is 1.74. The van der Waals surface area contributed by atoms with Gasteiger partial charge in [-0.05, 0) is 19.9 Å². The van der Waals surface area contributed by atoms with Gasteiger partial charge in [-0.3, -0.25) is 4.79 Å². The summed E-state index contributed by atoms with van der Waals surface area (Å²) in [5.74, 6) is -1.87. The Kier molecular flexibility index (Phi) is 4.20. The molecule has 0 radical (unpaired) electrons. The van der Waals surface area contributed by atoms with Gasteiger partial charge in [0.2, 0.25) is 6.41 Å². The van der Waals surface area contributed by atoms with E-state index >= 15 is 0 Å². The third kappa shape index (κ3) is 2.81. The lowest BCUT2D eigenvalue weighted by Crippen LogP contribution is -2.33. The molecule has 0 aromatic heterocycles. The van der Waals surface area contributed by atoms with Crippen LogP contribution in [-0.4, -0.2) is 28.9 Å². The van der Waals surface area contributed by atoms with Crippen LogP contribution >= 0.6 is 0 Å². The van der Waals surface area contributed by atoms with Crippen LogP contribution in [0.1, 0.15) is 24.1 Å². The second-order valence-electron chi connectivity index (χ2n) is 3.70. The van der Waals surface area contributed by atoms with E-state index in [1.807, 2.05) is 0 Å². The molecular weight excluding hydrogens is 225 g/mol. The number of carboxylic acids is 1. The number of carbonyl (C=O) groups is 2. The molecule has 4 nitrogen and oxygen atoms in total. The van der Waals surface area contributed by atoms with E-state index in [0.29, 0.717) is 6.41 Å². The van der Waals surface area contributed by atoms with Crippen LogP contribution in [0.3, 0.4) is 0 Å². The van der Waals surface area contributed by atoms with E-state index in [4.69, 9.17) is 5.11 Å². The van der Waals surface area contributed by atoms with Crippen LogP contribution < -0.4 is 0 Å². The van der Waals surface area contributed by atoms with E-state index in [-0.39, 0.29) is 12.1 Å². The first-order valence-electron chi connectivity index (χ1n) is 5.21. The Morgan fingerprint density at radius 3 is 2.71 bits per heavy atom. The van der Waals surface area contributed by atoms with Gasteiger partial charge in [0.15, 0.2) is 6.04 Å². The maximum Gasteiger partial charge on any atom is 0.331 e. The summed E-state index contributed by atoms with van der Waals surface area (Å²) in [4.78, 5) is 23.0. The first-order chi connectivity index (χ1) is 8.01. The Morgan fingerprint density at radius 1 is 1.59 bits per heavy atom. The summed E-state index contributed by atoms with van der Waals surface area (Å²) in [5.41, 5.74) is 0.751. The van der Waals surface area contributed by atoms with Gasteiger partial charge in [-0.25, -0.2) is 9.18 Å². The van der Waals surface area contributed by atoms with Crippen LogP contribution in [0.25, 0.3) is 0 Å². The zero-order chi connectivity index (χ0) is 13.0. The van der Waals surface area contributed by atoms with Crippen molar-refractivity contribution in [1.82, 2.24) is 4.90 Å². The number of hydrogen-bond donors (Lipinski definition) is 1. The van der Waals surface area contributed by atoms with Crippen molar-refractivity contribution in [3.8, 4) is 0 Å². The van der Waals surface area contributed by atoms with Gasteiger partial charge in [0, 0.05) is 12.1 Å². The minimum Gasteiger partial charge on any atom is -0.479 e. The first kappa shape index (κ1) is 13.2. The Bertz CT molecular complexity index is 434. The molecule has 0 saturated heterocycles. The zero-order valence-corrected chi connectivity index (χ0v) is 9.68. The Balaban J connectivity index is 3.26. The Hall–Kier alpha value is -1.91. The van der Waals surface area contributed by atoms with E-state index in [2.05, 4.69) is 0 Å². The number of aryl methyl sites for hydroxylation is 1. The number of benzene rings is 1. The molecule has 1 unspecified atom stereocenters. The SMILES string of the molecule is CCN(C=O)C(C(=O)O)c1cc(C)ccc1F. The lowest BCUT2D eigenvalue weighted by molar-refractivity contribution is -0.146. The van der Waals surface area contributed by atoms with Gasteiger partial charge < -0.3 is 10.0 Å². The fourth-order valence-corrected chi connectivity index (χ4v) is 1.64. The summed E-state index contributed by atoms with van der Waals surface area (Å²) in [6.07, 6.45) is 0.417. The molecule has 1 aromatic carbocycles. The molecule has 0 spiro atoms. The summed E-state index contributed by atoms with van der Waals surface area (Å²) >= 11 is 0. The standard InChI is InChI=1S/C12H14FNO3/c1-3-14(7-15)11(12(16)17)9-6-8(2)4-5-10(9)13/h4-7,11H,3H2,1-2H3,(H,16,17). The highest BCUT2D eigenvalue weighted by Gasteiger charge is 2.28. The molecule has 0 fully saturated rings. The summed E-state index contributed by atoms with van der Waals surface area (Å²) in [7, 11) is 0. The van der Waals surface area contributed by atoms with E-state index in [9.17, 15) is 14.0 Å². The molecule has 1 aromatic rings. The van der Waals surface area contributed by atoms with Crippen molar-refractivity contribution in [2.45, 2.75) is 19.9 Å². The molecule has 1 N–H and O–H groups in total. The van der Waals surface area contributed by atoms with E-state index in [1.54, 1.807) is 19.9 Å². The summed E-state index contributed by atoms with van der Waals surface area (Å²) in [6, 6.07) is 2.92. The van der Waals surface area contributed by atoms with Crippen molar-refractivity contribution in [3.05, 3.63) is 35.1 Å². The summed E-state index contributed by atoms with van der Waals surface area (Å²) < 4.78 is 13.6. The average molecular weight is 239 g/mol. The maximum absolute atomic E-state index is 13.6. The van der Waals surface area contributed by atoms with Crippen LogP contribution in [0.4, 0.5) is 4.39 Å². The Morgan fingerprint density at radius 2 is 2.24 bits per heavy atom. The number of aliphatic carboxylic acids is 1. The van der Waals surface area contributed by atoms with E-state index in [1.165, 1.54) is 12.1 Å². The van der Waals surface area contributed by atoms with Crippen molar-refractivity contribution in [2.75, 3.05) is 6.54 Å². The number of nitrogens with zero attached hydrogens (tertiary/aromatic N) is 1. The number of hydrogen-bond acceptors (Lipinski definition) is 2. The molecule has 0 bridgehead atoms. The third-order valence-corrected chi connectivity index (χ3v) is 2.51. The largest absolute Gasteiger partial charge is 0.479 e. The van der Waals surface area contributed by atoms with E-state index < -0.39 is 17.8 Å². The molecular formula is C12H14FNO3. The van der Waals surface area contributed by atoms with Gasteiger partial charge >= 0.3 is 5.97 Å². The highest BCUT2D eigenvalue weighted by molar-refractivity contribution is 5.78. The maximum atomic E-state index is 13.6. The second-order valence-corrected chi connectivity index (χ2v) is 3.70. The van der Waals surface area contributed by atoms with E-state index in [0.717, 1.165) is 10.5 Å². The number of likely N-dealkylation sites (N-methyl/N-ethyl adjacent to an activating group) is 1. The predicted molar refractivity (Wildman–Crippen MR) is 60.0 cm³/mol. The average Bonchev–Trinajstić information content (AvgIpc) is 2.29. The minimum absolute atomic E-state index is 0.00597. The number of amides is 1. The zero-order valence-electron chi connectivity index (χ0n) is 9.68. The van der Waals surface area contributed by atoms with Gasteiger partial charge in [-0.2, -0.15) is 0 Å². The number of rotatable bonds is 5. The van der Waals surface area contributed by atoms with Crippen molar-refractivity contribution in [2.24, 2.45) is 0 Å². The molecule has 0 aliphatic carbocycles. The van der Waals surface area contributed by atoms with Crippen molar-refractivity contribution in [1.29, 1.82) is 0 Å². The number of halogens is 1. The van der Waals surface area contributed by atoms with Crippen LogP contribution in [0.5, 0.6) is 0 Å². The smallest absolute Gasteiger partial charge is 0.331 e. The third-order valence-electron chi connectivity index (χ3n) is 2.51. The highest BCUT2D eigenvalue weighted by Crippen LogP contribution is 2.23. The molecule has 0 heterocycles. The van der Waals surface area contributed by atoms with Crippen molar-refractivity contribution in [3.63, 3.8) is 0 Å². The molecule has 0 saturated carbocycles. The van der Waals surface area contributed by atoms with Gasteiger partial charge in [-0.15, -0.1) is 0 Å². The van der Waals surface area contributed by atoms with Crippen molar-refractivity contribution >= 4 is 12.4 Å². The molecule has 17 heavy (non-hydrogen) atoms. The van der Waals surface area contributed by atoms with Crippen LogP contribution in [0, 0.1) is 12.7 Å². The van der Waals surface area contributed by atoms with Gasteiger partial charge in [0.05, 0.1) is 0 Å². The van der Waals surface area contributed by atoms with Gasteiger partial charge in [0.1, 0.15) is 5.82 Å². The fourth-order valence-electron chi connectivity index (χ4n) is 1.64. The highest BCUT2D eigenvalue weighted by atomic mass is 19.1. The molecule has 1 atom stereocenters. The molecule has 0 aliphatic heterocycles. The van der Waals surface area contributed by atoms with Gasteiger partial charge in [0.25, 0.3) is 0 Å². The normalized spacial score (nSPS) is 11.9.